The van der Waals surface area contributed by atoms with E-state index >= 15 is 0 Å². The Morgan fingerprint density at radius 2 is 2.15 bits per heavy atom. The van der Waals surface area contributed by atoms with Crippen molar-refractivity contribution in [3.05, 3.63) is 11.9 Å². The normalized spacial score (nSPS) is 23.9. The Morgan fingerprint density at radius 1 is 1.35 bits per heavy atom. The van der Waals surface area contributed by atoms with Crippen molar-refractivity contribution in [3.8, 4) is 0 Å². The maximum Gasteiger partial charge on any atom is 0.0964 e. The van der Waals surface area contributed by atoms with E-state index in [1.807, 2.05) is 4.68 Å². The number of aromatic nitrogens is 3. The van der Waals surface area contributed by atoms with E-state index in [0.29, 0.717) is 12.1 Å². The first kappa shape index (κ1) is 15.4. The Labute approximate surface area is 122 Å². The van der Waals surface area contributed by atoms with Crippen LogP contribution in [-0.4, -0.2) is 44.6 Å². The van der Waals surface area contributed by atoms with Gasteiger partial charge in [-0.25, -0.2) is 0 Å². The van der Waals surface area contributed by atoms with E-state index in [1.165, 1.54) is 19.3 Å². The summed E-state index contributed by atoms with van der Waals surface area (Å²) in [5.74, 6) is 0. The van der Waals surface area contributed by atoms with E-state index in [4.69, 9.17) is 0 Å². The molecule has 0 spiro atoms. The molecule has 2 atom stereocenters. The Balaban J connectivity index is 1.81. The monoisotopic (exact) mass is 279 g/mol. The Kier molecular flexibility index (Phi) is 5.54. The van der Waals surface area contributed by atoms with Gasteiger partial charge >= 0.3 is 0 Å². The molecule has 0 saturated carbocycles. The van der Waals surface area contributed by atoms with E-state index in [1.54, 1.807) is 0 Å². The molecule has 114 valence electrons. The van der Waals surface area contributed by atoms with Gasteiger partial charge in [-0.2, -0.15) is 0 Å². The van der Waals surface area contributed by atoms with Crippen molar-refractivity contribution in [1.29, 1.82) is 0 Å². The molecule has 1 saturated heterocycles. The molecule has 5 heteroatoms. The minimum absolute atomic E-state index is 0.482. The van der Waals surface area contributed by atoms with Crippen molar-refractivity contribution in [3.63, 3.8) is 0 Å². The number of hydrogen-bond donors (Lipinski definition) is 1. The molecule has 0 amide bonds. The fraction of sp³-hybridized carbons (Fsp3) is 0.867. The predicted molar refractivity (Wildman–Crippen MR) is 81.5 cm³/mol. The van der Waals surface area contributed by atoms with E-state index in [-0.39, 0.29) is 0 Å². The third-order valence-electron chi connectivity index (χ3n) is 4.29. The molecule has 1 aliphatic heterocycles. The molecule has 2 unspecified atom stereocenters. The predicted octanol–water partition coefficient (Wildman–Crippen LogP) is 2.04. The summed E-state index contributed by atoms with van der Waals surface area (Å²) < 4.78 is 1.98. The van der Waals surface area contributed by atoms with Gasteiger partial charge in [-0.05, 0) is 26.2 Å². The summed E-state index contributed by atoms with van der Waals surface area (Å²) in [7, 11) is 0. The minimum Gasteiger partial charge on any atom is -0.309 e. The standard InChI is InChI=1S/C15H29N5/c1-5-15-7-6-13(4)20(15)9-8-19-11-14(17-18-19)10-16-12(2)3/h11-13,15-16H,5-10H2,1-4H3. The van der Waals surface area contributed by atoms with Gasteiger partial charge in [-0.1, -0.05) is 26.0 Å². The van der Waals surface area contributed by atoms with Gasteiger partial charge < -0.3 is 5.32 Å². The average Bonchev–Trinajstić information content (AvgIpc) is 3.00. The highest BCUT2D eigenvalue weighted by atomic mass is 15.4. The van der Waals surface area contributed by atoms with Gasteiger partial charge in [0.2, 0.25) is 0 Å². The van der Waals surface area contributed by atoms with Gasteiger partial charge in [0.25, 0.3) is 0 Å². The van der Waals surface area contributed by atoms with Crippen LogP contribution in [0.1, 0.15) is 52.7 Å². The second-order valence-corrected chi connectivity index (χ2v) is 6.23. The second kappa shape index (κ2) is 7.18. The summed E-state index contributed by atoms with van der Waals surface area (Å²) >= 11 is 0. The topological polar surface area (TPSA) is 46.0 Å². The molecule has 1 aromatic heterocycles. The Bertz CT molecular complexity index is 401. The zero-order valence-electron chi connectivity index (χ0n) is 13.3. The van der Waals surface area contributed by atoms with Crippen LogP contribution in [-0.2, 0) is 13.1 Å². The zero-order valence-corrected chi connectivity index (χ0v) is 13.3. The first-order chi connectivity index (χ1) is 9.60. The lowest BCUT2D eigenvalue weighted by molar-refractivity contribution is 0.188. The summed E-state index contributed by atoms with van der Waals surface area (Å²) in [5, 5.41) is 11.8. The highest BCUT2D eigenvalue weighted by molar-refractivity contribution is 4.92. The molecule has 1 N–H and O–H groups in total. The van der Waals surface area contributed by atoms with Crippen LogP contribution in [0, 0.1) is 0 Å². The first-order valence-electron chi connectivity index (χ1n) is 7.98. The summed E-state index contributed by atoms with van der Waals surface area (Å²) in [4.78, 5) is 2.63. The SMILES string of the molecule is CCC1CCC(C)N1CCn1cc(CNC(C)C)nn1. The van der Waals surface area contributed by atoms with Crippen LogP contribution in [0.3, 0.4) is 0 Å². The van der Waals surface area contributed by atoms with Crippen molar-refractivity contribution in [1.82, 2.24) is 25.2 Å². The minimum atomic E-state index is 0.482. The molecule has 0 radical (unpaired) electrons. The molecular weight excluding hydrogens is 250 g/mol. The lowest BCUT2D eigenvalue weighted by atomic mass is 10.1. The lowest BCUT2D eigenvalue weighted by Crippen LogP contribution is -2.36. The molecule has 1 aromatic rings. The molecular formula is C15H29N5. The lowest BCUT2D eigenvalue weighted by Gasteiger charge is -2.27. The smallest absolute Gasteiger partial charge is 0.0964 e. The first-order valence-corrected chi connectivity index (χ1v) is 7.98. The highest BCUT2D eigenvalue weighted by Crippen LogP contribution is 2.25. The van der Waals surface area contributed by atoms with Crippen LogP contribution in [0.25, 0.3) is 0 Å². The number of nitrogens with one attached hydrogen (secondary N) is 1. The average molecular weight is 279 g/mol. The summed E-state index contributed by atoms with van der Waals surface area (Å²) in [5.41, 5.74) is 1.03. The third kappa shape index (κ3) is 4.03. The Morgan fingerprint density at radius 3 is 2.85 bits per heavy atom. The van der Waals surface area contributed by atoms with E-state index < -0.39 is 0 Å². The molecule has 20 heavy (non-hydrogen) atoms. The summed E-state index contributed by atoms with van der Waals surface area (Å²) in [6.45, 7) is 11.7. The van der Waals surface area contributed by atoms with Crippen molar-refractivity contribution < 1.29 is 0 Å². The third-order valence-corrected chi connectivity index (χ3v) is 4.29. The van der Waals surface area contributed by atoms with Gasteiger partial charge in [0.15, 0.2) is 0 Å². The molecule has 0 bridgehead atoms. The van der Waals surface area contributed by atoms with E-state index in [2.05, 4.69) is 54.4 Å². The van der Waals surface area contributed by atoms with Crippen molar-refractivity contribution in [2.24, 2.45) is 0 Å². The maximum atomic E-state index is 4.23. The van der Waals surface area contributed by atoms with Crippen molar-refractivity contribution in [2.75, 3.05) is 6.54 Å². The molecule has 1 aliphatic rings. The van der Waals surface area contributed by atoms with Crippen molar-refractivity contribution in [2.45, 2.75) is 78.2 Å². The fourth-order valence-corrected chi connectivity index (χ4v) is 3.02. The van der Waals surface area contributed by atoms with Gasteiger partial charge in [-0.3, -0.25) is 9.58 Å². The Hall–Kier alpha value is -0.940. The summed E-state index contributed by atoms with van der Waals surface area (Å²) in [6.07, 6.45) is 6.00. The van der Waals surface area contributed by atoms with Crippen LogP contribution in [0.2, 0.25) is 0 Å². The number of likely N-dealkylation sites (tertiary alicyclic amines) is 1. The molecule has 2 heterocycles. The zero-order chi connectivity index (χ0) is 14.5. The molecule has 0 aromatic carbocycles. The van der Waals surface area contributed by atoms with Crippen LogP contribution in [0.15, 0.2) is 6.20 Å². The molecule has 1 fully saturated rings. The number of hydrogen-bond acceptors (Lipinski definition) is 4. The van der Waals surface area contributed by atoms with Crippen LogP contribution < -0.4 is 5.32 Å². The largest absolute Gasteiger partial charge is 0.309 e. The van der Waals surface area contributed by atoms with Crippen LogP contribution >= 0.6 is 0 Å². The summed E-state index contributed by atoms with van der Waals surface area (Å²) in [6, 6.07) is 1.96. The number of rotatable bonds is 7. The van der Waals surface area contributed by atoms with Gasteiger partial charge in [0.05, 0.1) is 12.2 Å². The quantitative estimate of drug-likeness (QED) is 0.829. The fourth-order valence-electron chi connectivity index (χ4n) is 3.02. The number of nitrogens with zero attached hydrogens (tertiary/aromatic N) is 4. The van der Waals surface area contributed by atoms with E-state index in [0.717, 1.165) is 31.4 Å². The van der Waals surface area contributed by atoms with Crippen LogP contribution in [0.4, 0.5) is 0 Å². The second-order valence-electron chi connectivity index (χ2n) is 6.23. The molecule has 0 aliphatic carbocycles. The van der Waals surface area contributed by atoms with Crippen molar-refractivity contribution >= 4 is 0 Å². The van der Waals surface area contributed by atoms with E-state index in [9.17, 15) is 0 Å². The van der Waals surface area contributed by atoms with Gasteiger partial charge in [0.1, 0.15) is 0 Å². The highest BCUT2D eigenvalue weighted by Gasteiger charge is 2.28. The maximum absolute atomic E-state index is 4.23. The van der Waals surface area contributed by atoms with Gasteiger partial charge in [-0.15, -0.1) is 5.10 Å². The van der Waals surface area contributed by atoms with Crippen LogP contribution in [0.5, 0.6) is 0 Å². The molecule has 5 nitrogen and oxygen atoms in total. The molecule has 2 rings (SSSR count). The van der Waals surface area contributed by atoms with Gasteiger partial charge in [0, 0.05) is 37.4 Å².